The summed E-state index contributed by atoms with van der Waals surface area (Å²) >= 11 is 8.98. The molecule has 5 rings (SSSR count). The van der Waals surface area contributed by atoms with Gasteiger partial charge in [-0.3, -0.25) is 0 Å². The van der Waals surface area contributed by atoms with E-state index in [1.807, 2.05) is 12.1 Å². The van der Waals surface area contributed by atoms with Crippen molar-refractivity contribution in [1.82, 2.24) is 0 Å². The topological polar surface area (TPSA) is 29.5 Å². The van der Waals surface area contributed by atoms with Crippen molar-refractivity contribution in [3.05, 3.63) is 32.9 Å². The lowest BCUT2D eigenvalue weighted by atomic mass is 9.53. The van der Waals surface area contributed by atoms with Crippen LogP contribution in [0.4, 0.5) is 0 Å². The molecule has 22 heavy (non-hydrogen) atoms. The number of methoxy groups -OCH3 is 1. The number of aromatic hydroxyl groups is 1. The highest BCUT2D eigenvalue weighted by Gasteiger charge is 2.53. The molecule has 4 saturated carbocycles. The maximum atomic E-state index is 10.0. The summed E-state index contributed by atoms with van der Waals surface area (Å²) in [7, 11) is 1.75. The van der Waals surface area contributed by atoms with Crippen molar-refractivity contribution in [3.63, 3.8) is 0 Å². The summed E-state index contributed by atoms with van der Waals surface area (Å²) in [6, 6.07) is 5.83. The Morgan fingerprint density at radius 3 is 2.50 bits per heavy atom. The number of ether oxygens (including phenoxy) is 1. The molecule has 4 heteroatoms. The number of allylic oxidation sites excluding steroid dienone is 1. The van der Waals surface area contributed by atoms with Crippen molar-refractivity contribution in [1.29, 1.82) is 0 Å². The predicted octanol–water partition coefficient (Wildman–Crippen LogP) is 5.17. The van der Waals surface area contributed by atoms with Gasteiger partial charge in [-0.25, -0.2) is 0 Å². The Bertz CT molecular complexity index is 636. The Hall–Kier alpha value is -0.420. The van der Waals surface area contributed by atoms with Crippen LogP contribution in [0.5, 0.6) is 5.75 Å². The number of alkyl halides is 1. The number of hydrogen-bond acceptors (Lipinski definition) is 2. The largest absolute Gasteiger partial charge is 0.507 e. The van der Waals surface area contributed by atoms with Gasteiger partial charge in [0.2, 0.25) is 0 Å². The molecule has 1 aromatic carbocycles. The SMILES string of the molecule is CO/C(=C1\[C@@H]2CC3C[C@H]1CC(Cl)(C3)C2)c1ccc(I)c(O)c1. The van der Waals surface area contributed by atoms with Crippen LogP contribution in [0.1, 0.15) is 37.7 Å². The molecule has 118 valence electrons. The van der Waals surface area contributed by atoms with Crippen LogP contribution >= 0.6 is 34.2 Å². The molecule has 0 heterocycles. The third kappa shape index (κ3) is 2.35. The summed E-state index contributed by atoms with van der Waals surface area (Å²) in [6.45, 7) is 0. The lowest BCUT2D eigenvalue weighted by Crippen LogP contribution is -2.48. The fourth-order valence-corrected chi connectivity index (χ4v) is 6.05. The van der Waals surface area contributed by atoms with Crippen molar-refractivity contribution in [2.24, 2.45) is 17.8 Å². The van der Waals surface area contributed by atoms with Crippen LogP contribution in [0.2, 0.25) is 0 Å². The van der Waals surface area contributed by atoms with Crippen LogP contribution in [-0.4, -0.2) is 17.1 Å². The van der Waals surface area contributed by atoms with E-state index in [1.165, 1.54) is 24.8 Å². The quantitative estimate of drug-likeness (QED) is 0.398. The van der Waals surface area contributed by atoms with Gasteiger partial charge in [-0.1, -0.05) is 0 Å². The number of phenols is 1. The third-order valence-electron chi connectivity index (χ3n) is 5.67. The van der Waals surface area contributed by atoms with Crippen LogP contribution in [-0.2, 0) is 4.74 Å². The van der Waals surface area contributed by atoms with E-state index < -0.39 is 0 Å². The van der Waals surface area contributed by atoms with Gasteiger partial charge in [-0.2, -0.15) is 0 Å². The van der Waals surface area contributed by atoms with Crippen LogP contribution in [0, 0.1) is 21.3 Å². The van der Waals surface area contributed by atoms with E-state index in [9.17, 15) is 5.11 Å². The molecule has 0 saturated heterocycles. The minimum absolute atomic E-state index is 0.0348. The zero-order chi connectivity index (χ0) is 15.5. The van der Waals surface area contributed by atoms with E-state index in [4.69, 9.17) is 16.3 Å². The van der Waals surface area contributed by atoms with Crippen molar-refractivity contribution < 1.29 is 9.84 Å². The highest BCUT2D eigenvalue weighted by molar-refractivity contribution is 14.1. The Balaban J connectivity index is 1.79. The molecule has 1 N–H and O–H groups in total. The number of benzene rings is 1. The van der Waals surface area contributed by atoms with Gasteiger partial charge in [0.05, 0.1) is 10.7 Å². The number of hydrogen-bond donors (Lipinski definition) is 1. The Kier molecular flexibility index (Phi) is 3.65. The molecular formula is C18H20ClIO2. The average molecular weight is 431 g/mol. The van der Waals surface area contributed by atoms with E-state index in [2.05, 4.69) is 28.7 Å². The standard InChI is InChI=1S/C18H20ClIO2/c1-22-17(11-2-3-14(20)15(21)6-11)16-12-4-10-5-13(16)9-18(19,7-10)8-12/h2-3,6,10,12-13,21H,4-5,7-9H2,1H3/b17-16-/t10?,12-,13+,18?/m0/s1. The zero-order valence-electron chi connectivity index (χ0n) is 12.6. The van der Waals surface area contributed by atoms with Crippen molar-refractivity contribution >= 4 is 40.0 Å². The van der Waals surface area contributed by atoms with Crippen molar-refractivity contribution in [3.8, 4) is 5.75 Å². The second-order valence-electron chi connectivity index (χ2n) is 7.15. The fourth-order valence-electron chi connectivity index (χ4n) is 5.12. The summed E-state index contributed by atoms with van der Waals surface area (Å²) in [6.07, 6.45) is 5.87. The van der Waals surface area contributed by atoms with Gasteiger partial charge in [0.25, 0.3) is 0 Å². The second kappa shape index (κ2) is 5.30. The van der Waals surface area contributed by atoms with E-state index in [1.54, 1.807) is 7.11 Å². The fraction of sp³-hybridized carbons (Fsp3) is 0.556. The van der Waals surface area contributed by atoms with Gasteiger partial charge < -0.3 is 9.84 Å². The Morgan fingerprint density at radius 1 is 1.27 bits per heavy atom. The number of halogens is 2. The third-order valence-corrected chi connectivity index (χ3v) is 7.04. The molecule has 4 aliphatic carbocycles. The monoisotopic (exact) mass is 430 g/mol. The zero-order valence-corrected chi connectivity index (χ0v) is 15.5. The maximum Gasteiger partial charge on any atom is 0.129 e. The Morgan fingerprint density at radius 2 is 1.95 bits per heavy atom. The molecule has 0 aromatic heterocycles. The molecule has 0 spiro atoms. The molecule has 4 atom stereocenters. The maximum absolute atomic E-state index is 10.0. The summed E-state index contributed by atoms with van der Waals surface area (Å²) in [5.74, 6) is 3.20. The molecule has 0 amide bonds. The lowest BCUT2D eigenvalue weighted by molar-refractivity contribution is 0.0843. The van der Waals surface area contributed by atoms with Gasteiger partial charge in [-0.05, 0) is 96.2 Å². The average Bonchev–Trinajstić information content (AvgIpc) is 2.44. The minimum Gasteiger partial charge on any atom is -0.507 e. The molecular weight excluding hydrogens is 411 g/mol. The highest BCUT2D eigenvalue weighted by atomic mass is 127. The number of phenolic OH excluding ortho intramolecular Hbond substituents is 1. The van der Waals surface area contributed by atoms with E-state index in [0.717, 1.165) is 33.7 Å². The summed E-state index contributed by atoms with van der Waals surface area (Å²) < 4.78 is 6.68. The van der Waals surface area contributed by atoms with Gasteiger partial charge in [-0.15, -0.1) is 11.6 Å². The molecule has 0 aliphatic heterocycles. The van der Waals surface area contributed by atoms with E-state index >= 15 is 0 Å². The molecule has 2 unspecified atom stereocenters. The molecule has 4 bridgehead atoms. The van der Waals surface area contributed by atoms with Gasteiger partial charge >= 0.3 is 0 Å². The van der Waals surface area contributed by atoms with E-state index in [-0.39, 0.29) is 4.87 Å². The highest BCUT2D eigenvalue weighted by Crippen LogP contribution is 2.61. The molecule has 0 radical (unpaired) electrons. The van der Waals surface area contributed by atoms with Crippen molar-refractivity contribution in [2.45, 2.75) is 37.0 Å². The van der Waals surface area contributed by atoms with Gasteiger partial charge in [0.15, 0.2) is 0 Å². The first-order valence-corrected chi connectivity index (χ1v) is 9.40. The smallest absolute Gasteiger partial charge is 0.129 e. The Labute approximate surface area is 150 Å². The first kappa shape index (κ1) is 15.1. The number of rotatable bonds is 2. The molecule has 2 nitrogen and oxygen atoms in total. The minimum atomic E-state index is 0.0348. The van der Waals surface area contributed by atoms with Gasteiger partial charge in [0, 0.05) is 10.4 Å². The van der Waals surface area contributed by atoms with Gasteiger partial charge in [0.1, 0.15) is 11.5 Å². The first-order chi connectivity index (χ1) is 10.5. The van der Waals surface area contributed by atoms with Crippen LogP contribution < -0.4 is 0 Å². The van der Waals surface area contributed by atoms with Crippen LogP contribution in [0.15, 0.2) is 23.8 Å². The normalized spacial score (nSPS) is 38.2. The molecule has 4 fully saturated rings. The molecule has 1 aromatic rings. The summed E-state index contributed by atoms with van der Waals surface area (Å²) in [5.41, 5.74) is 2.45. The summed E-state index contributed by atoms with van der Waals surface area (Å²) in [5, 5.41) is 10.0. The van der Waals surface area contributed by atoms with Crippen molar-refractivity contribution in [2.75, 3.05) is 7.11 Å². The summed E-state index contributed by atoms with van der Waals surface area (Å²) in [4.78, 5) is 0.0348. The lowest BCUT2D eigenvalue weighted by Gasteiger charge is -2.55. The second-order valence-corrected chi connectivity index (χ2v) is 9.11. The van der Waals surface area contributed by atoms with E-state index in [0.29, 0.717) is 17.6 Å². The van der Waals surface area contributed by atoms with Crippen LogP contribution in [0.25, 0.3) is 5.76 Å². The van der Waals surface area contributed by atoms with Crippen LogP contribution in [0.3, 0.4) is 0 Å². The molecule has 4 aliphatic rings. The predicted molar refractivity (Wildman–Crippen MR) is 96.9 cm³/mol. The first-order valence-electron chi connectivity index (χ1n) is 7.95.